The van der Waals surface area contributed by atoms with E-state index in [9.17, 15) is 9.65 Å². The van der Waals surface area contributed by atoms with Gasteiger partial charge in [-0.3, -0.25) is 9.99 Å². The Balaban J connectivity index is 1.41. The summed E-state index contributed by atoms with van der Waals surface area (Å²) in [6.07, 6.45) is 7.19. The van der Waals surface area contributed by atoms with E-state index in [1.807, 2.05) is 17.3 Å². The summed E-state index contributed by atoms with van der Waals surface area (Å²) < 4.78 is 18.9. The van der Waals surface area contributed by atoms with Crippen molar-refractivity contribution in [3.8, 4) is 11.8 Å². The third-order valence-corrected chi connectivity index (χ3v) is 7.30. The Labute approximate surface area is 239 Å². The first-order valence-electron chi connectivity index (χ1n) is 12.5. The van der Waals surface area contributed by atoms with Gasteiger partial charge in [-0.05, 0) is 54.8 Å². The molecule has 1 fully saturated rings. The summed E-state index contributed by atoms with van der Waals surface area (Å²) in [6, 6.07) is 14.1. The maximum absolute atomic E-state index is 13.7. The van der Waals surface area contributed by atoms with E-state index >= 15 is 0 Å². The lowest BCUT2D eigenvalue weighted by molar-refractivity contribution is 0.260. The Morgan fingerprint density at radius 3 is 2.62 bits per heavy atom. The predicted octanol–water partition coefficient (Wildman–Crippen LogP) is 6.18. The van der Waals surface area contributed by atoms with Gasteiger partial charge in [0, 0.05) is 41.4 Å². The number of aromatic nitrogens is 2. The van der Waals surface area contributed by atoms with Gasteiger partial charge >= 0.3 is 0 Å². The lowest BCUT2D eigenvalue weighted by Crippen LogP contribution is -2.38. The summed E-state index contributed by atoms with van der Waals surface area (Å²) in [5, 5.41) is 20.2. The number of nitriles is 1. The highest BCUT2D eigenvalue weighted by Crippen LogP contribution is 2.38. The average Bonchev–Trinajstić information content (AvgIpc) is 3.69. The number of ether oxygens (including phenoxy) is 1. The molecule has 2 aromatic carbocycles. The Bertz CT molecular complexity index is 1670. The summed E-state index contributed by atoms with van der Waals surface area (Å²) in [5.74, 6) is -0.0282. The molecule has 0 spiro atoms. The van der Waals surface area contributed by atoms with Crippen molar-refractivity contribution < 1.29 is 9.13 Å². The summed E-state index contributed by atoms with van der Waals surface area (Å²) in [6.45, 7) is 0. The summed E-state index contributed by atoms with van der Waals surface area (Å²) >= 11 is 13.1. The van der Waals surface area contributed by atoms with Crippen LogP contribution in [0.1, 0.15) is 30.0 Å². The lowest BCUT2D eigenvalue weighted by Gasteiger charge is -2.22. The maximum atomic E-state index is 13.7. The number of halogens is 3. The van der Waals surface area contributed by atoms with E-state index < -0.39 is 12.0 Å². The molecular formula is C28H23Cl2FN8O. The standard InChI is InChI=1S/C28H23Cl2FN8O/c1-40-24-6-3-17(9-21(24)29)35-26-16(11-32)13-34-28-20(26)8-18(10-22(28)30)36-27(15-2-7-25(31)33-12-15)23-14-39(38-37-23)19-4-5-19/h2-3,6-10,12-14,19,27,36-38H,4-5H2,1H3,(H,34,35)/t27-/m1/s1. The first-order valence-corrected chi connectivity index (χ1v) is 13.2. The summed E-state index contributed by atoms with van der Waals surface area (Å²) in [4.78, 5) is 8.29. The highest BCUT2D eigenvalue weighted by atomic mass is 35.5. The fourth-order valence-electron chi connectivity index (χ4n) is 4.56. The zero-order valence-electron chi connectivity index (χ0n) is 21.2. The first-order chi connectivity index (χ1) is 19.4. The second-order valence-corrected chi connectivity index (χ2v) is 10.3. The molecular weight excluding hydrogens is 554 g/mol. The molecule has 0 radical (unpaired) electrons. The molecule has 0 unspecified atom stereocenters. The molecule has 0 amide bonds. The molecule has 12 heteroatoms. The average molecular weight is 577 g/mol. The number of hydrogen-bond acceptors (Lipinski definition) is 9. The molecule has 6 rings (SSSR count). The number of methoxy groups -OCH3 is 1. The second-order valence-electron chi connectivity index (χ2n) is 9.44. The van der Waals surface area contributed by atoms with Crippen molar-refractivity contribution in [1.82, 2.24) is 25.9 Å². The number of fused-ring (bicyclic) bond motifs is 1. The number of pyridine rings is 2. The van der Waals surface area contributed by atoms with Gasteiger partial charge in [-0.2, -0.15) is 9.65 Å². The van der Waals surface area contributed by atoms with E-state index in [1.165, 1.54) is 18.5 Å². The topological polar surface area (TPSA) is 110 Å². The predicted molar refractivity (Wildman–Crippen MR) is 153 cm³/mol. The zero-order chi connectivity index (χ0) is 27.8. The molecule has 2 aliphatic rings. The van der Waals surface area contributed by atoms with Crippen molar-refractivity contribution in [3.05, 3.63) is 93.9 Å². The number of nitrogens with one attached hydrogen (secondary N) is 4. The summed E-state index contributed by atoms with van der Waals surface area (Å²) in [7, 11) is 1.54. The number of hydrogen-bond donors (Lipinski definition) is 4. The molecule has 3 heterocycles. The SMILES string of the molecule is COc1ccc(Nc2c(C#N)cnc3c(Cl)cc(N[C@@H](C4=CN(C5CC5)NN4)c4ccc(F)nc4)cc23)cc1Cl. The monoisotopic (exact) mass is 576 g/mol. The van der Waals surface area contributed by atoms with E-state index in [4.69, 9.17) is 27.9 Å². The van der Waals surface area contributed by atoms with Crippen LogP contribution in [0.4, 0.5) is 21.5 Å². The highest BCUT2D eigenvalue weighted by Gasteiger charge is 2.32. The van der Waals surface area contributed by atoms with Crippen LogP contribution in [0.2, 0.25) is 10.0 Å². The van der Waals surface area contributed by atoms with Crippen LogP contribution < -0.4 is 26.3 Å². The van der Waals surface area contributed by atoms with Gasteiger partial charge in [0.25, 0.3) is 0 Å². The number of anilines is 3. The highest BCUT2D eigenvalue weighted by molar-refractivity contribution is 6.36. The molecule has 1 aliphatic heterocycles. The van der Waals surface area contributed by atoms with E-state index in [-0.39, 0.29) is 0 Å². The minimum atomic E-state index is -0.563. The van der Waals surface area contributed by atoms with Crippen molar-refractivity contribution in [1.29, 1.82) is 5.26 Å². The number of benzene rings is 2. The minimum Gasteiger partial charge on any atom is -0.495 e. The van der Waals surface area contributed by atoms with Crippen molar-refractivity contribution in [3.63, 3.8) is 0 Å². The van der Waals surface area contributed by atoms with Crippen LogP contribution in [0, 0.1) is 17.3 Å². The Morgan fingerprint density at radius 1 is 1.10 bits per heavy atom. The van der Waals surface area contributed by atoms with E-state index in [2.05, 4.69) is 37.6 Å². The van der Waals surface area contributed by atoms with Crippen molar-refractivity contribution in [2.75, 3.05) is 17.7 Å². The fourth-order valence-corrected chi connectivity index (χ4v) is 5.08. The van der Waals surface area contributed by atoms with Crippen LogP contribution in [-0.4, -0.2) is 28.1 Å². The molecule has 4 N–H and O–H groups in total. The van der Waals surface area contributed by atoms with Crippen molar-refractivity contribution in [2.24, 2.45) is 0 Å². The normalized spacial score (nSPS) is 15.3. The van der Waals surface area contributed by atoms with E-state index in [0.29, 0.717) is 55.4 Å². The molecule has 202 valence electrons. The van der Waals surface area contributed by atoms with E-state index in [1.54, 1.807) is 37.4 Å². The van der Waals surface area contributed by atoms with Crippen molar-refractivity contribution in [2.45, 2.75) is 24.9 Å². The second kappa shape index (κ2) is 10.7. The van der Waals surface area contributed by atoms with E-state index in [0.717, 1.165) is 24.1 Å². The smallest absolute Gasteiger partial charge is 0.212 e. The minimum absolute atomic E-state index is 0.330. The first kappa shape index (κ1) is 26.0. The Morgan fingerprint density at radius 2 is 1.93 bits per heavy atom. The molecule has 9 nitrogen and oxygen atoms in total. The Hall–Kier alpha value is -4.30. The largest absolute Gasteiger partial charge is 0.495 e. The summed E-state index contributed by atoms with van der Waals surface area (Å²) in [5.41, 5.74) is 10.7. The van der Waals surface area contributed by atoms with Crippen LogP contribution in [0.3, 0.4) is 0 Å². The molecule has 0 saturated heterocycles. The van der Waals surface area contributed by atoms with Gasteiger partial charge in [0.1, 0.15) is 11.8 Å². The molecule has 1 aliphatic carbocycles. The number of rotatable bonds is 8. The third-order valence-electron chi connectivity index (χ3n) is 6.72. The number of nitrogens with zero attached hydrogens (tertiary/aromatic N) is 4. The molecule has 0 bridgehead atoms. The van der Waals surface area contributed by atoms with Gasteiger partial charge in [0.05, 0.1) is 45.7 Å². The molecule has 1 saturated carbocycles. The van der Waals surface area contributed by atoms with Gasteiger partial charge in [-0.15, -0.1) is 5.53 Å². The molecule has 2 aromatic heterocycles. The van der Waals surface area contributed by atoms with Crippen LogP contribution in [0.5, 0.6) is 5.75 Å². The number of hydrazine groups is 2. The molecule has 1 atom stereocenters. The van der Waals surface area contributed by atoms with Crippen molar-refractivity contribution >= 4 is 51.2 Å². The lowest BCUT2D eigenvalue weighted by atomic mass is 10.0. The quantitative estimate of drug-likeness (QED) is 0.183. The Kier molecular flexibility index (Phi) is 6.94. The van der Waals surface area contributed by atoms with Crippen LogP contribution in [-0.2, 0) is 0 Å². The van der Waals surface area contributed by atoms with Crippen LogP contribution in [0.25, 0.3) is 10.9 Å². The third kappa shape index (κ3) is 5.14. The van der Waals surface area contributed by atoms with Gasteiger partial charge in [-0.25, -0.2) is 4.98 Å². The van der Waals surface area contributed by atoms with Gasteiger partial charge < -0.3 is 20.8 Å². The molecule has 40 heavy (non-hydrogen) atoms. The van der Waals surface area contributed by atoms with Crippen LogP contribution >= 0.6 is 23.2 Å². The molecule has 4 aromatic rings. The van der Waals surface area contributed by atoms with Gasteiger partial charge in [-0.1, -0.05) is 29.3 Å². The fraction of sp³-hybridized carbons (Fsp3) is 0.179. The zero-order valence-corrected chi connectivity index (χ0v) is 22.7. The maximum Gasteiger partial charge on any atom is 0.212 e. The van der Waals surface area contributed by atoms with Gasteiger partial charge in [0.2, 0.25) is 5.95 Å². The van der Waals surface area contributed by atoms with Gasteiger partial charge in [0.15, 0.2) is 0 Å². The van der Waals surface area contributed by atoms with Crippen LogP contribution in [0.15, 0.2) is 66.8 Å².